The summed E-state index contributed by atoms with van der Waals surface area (Å²) in [5, 5.41) is 27.6. The number of hydrogen-bond acceptors (Lipinski definition) is 9. The normalized spacial score (nSPS) is 33.8. The van der Waals surface area contributed by atoms with E-state index in [4.69, 9.17) is 14.2 Å². The van der Waals surface area contributed by atoms with E-state index >= 15 is 0 Å². The van der Waals surface area contributed by atoms with Crippen LogP contribution in [0.1, 0.15) is 138 Å². The summed E-state index contributed by atoms with van der Waals surface area (Å²) in [6, 6.07) is -1.60. The van der Waals surface area contributed by atoms with Gasteiger partial charge in [0.25, 0.3) is 18.8 Å². The van der Waals surface area contributed by atoms with E-state index in [0.29, 0.717) is 38.5 Å². The molecule has 1 aromatic rings. The molecule has 6 atom stereocenters. The van der Waals surface area contributed by atoms with Gasteiger partial charge >= 0.3 is 17.1 Å². The van der Waals surface area contributed by atoms with Crippen molar-refractivity contribution in [3.8, 4) is 18.8 Å². The van der Waals surface area contributed by atoms with Crippen molar-refractivity contribution in [2.24, 2.45) is 32.5 Å². The molecule has 0 aromatic carbocycles. The van der Waals surface area contributed by atoms with E-state index in [1.165, 1.54) is 13.7 Å². The molecule has 0 amide bonds. The number of hydrogen-bond donors (Lipinski definition) is 0. The summed E-state index contributed by atoms with van der Waals surface area (Å²) in [4.78, 5) is 44.4. The van der Waals surface area contributed by atoms with Gasteiger partial charge in [0.1, 0.15) is 19.8 Å². The third-order valence-corrected chi connectivity index (χ3v) is 11.1. The Labute approximate surface area is 284 Å². The highest BCUT2D eigenvalue weighted by Gasteiger charge is 2.48. The molecular weight excluding hydrogens is 612 g/mol. The summed E-state index contributed by atoms with van der Waals surface area (Å²) in [5.74, 6) is 0. The summed E-state index contributed by atoms with van der Waals surface area (Å²) in [7, 11) is 0. The van der Waals surface area contributed by atoms with Gasteiger partial charge in [-0.2, -0.15) is 15.8 Å². The third-order valence-electron chi connectivity index (χ3n) is 11.1. The zero-order valence-electron chi connectivity index (χ0n) is 30.4. The van der Waals surface area contributed by atoms with E-state index in [9.17, 15) is 30.2 Å². The SMILES string of the molecule is CC1(C)CC(n2c(=O)n(C3CC(C)(C)CC(C)(COC#N)C3)c(=O)n(C3CC(C)(C)CC(C)(COC#N)C3)c2=O)CC(C)(COC#N)C1. The van der Waals surface area contributed by atoms with Gasteiger partial charge < -0.3 is 14.2 Å². The fraction of sp³-hybridized carbons (Fsp3) is 0.833. The van der Waals surface area contributed by atoms with E-state index in [0.717, 1.165) is 19.3 Å². The number of ether oxygens (including phenoxy) is 3. The molecule has 12 heteroatoms. The average Bonchev–Trinajstić information content (AvgIpc) is 2.91. The minimum atomic E-state index is -0.621. The van der Waals surface area contributed by atoms with Crippen molar-refractivity contribution < 1.29 is 14.2 Å². The van der Waals surface area contributed by atoms with Gasteiger partial charge in [0.05, 0.1) is 0 Å². The van der Waals surface area contributed by atoms with Crippen molar-refractivity contribution in [2.75, 3.05) is 19.8 Å². The maximum absolute atomic E-state index is 14.8. The van der Waals surface area contributed by atoms with Gasteiger partial charge in [0, 0.05) is 34.4 Å². The van der Waals surface area contributed by atoms with Crippen LogP contribution in [0.4, 0.5) is 0 Å². The second kappa shape index (κ2) is 13.0. The molecule has 12 nitrogen and oxygen atoms in total. The van der Waals surface area contributed by atoms with Crippen molar-refractivity contribution >= 4 is 0 Å². The molecule has 3 aliphatic rings. The van der Waals surface area contributed by atoms with E-state index < -0.39 is 51.4 Å². The molecule has 4 rings (SSSR count). The van der Waals surface area contributed by atoms with E-state index in [1.54, 1.807) is 18.8 Å². The first-order chi connectivity index (χ1) is 22.1. The van der Waals surface area contributed by atoms with Gasteiger partial charge in [0.2, 0.25) is 0 Å². The largest absolute Gasteiger partial charge is 0.427 e. The maximum Gasteiger partial charge on any atom is 0.336 e. The first-order valence-corrected chi connectivity index (χ1v) is 17.1. The topological polar surface area (TPSA) is 165 Å². The number of nitrogens with zero attached hydrogens (tertiary/aromatic N) is 6. The van der Waals surface area contributed by atoms with Crippen LogP contribution in [-0.4, -0.2) is 33.5 Å². The van der Waals surface area contributed by atoms with Crippen LogP contribution < -0.4 is 17.1 Å². The van der Waals surface area contributed by atoms with Crippen LogP contribution in [0.5, 0.6) is 0 Å². The lowest BCUT2D eigenvalue weighted by Gasteiger charge is -2.48. The van der Waals surface area contributed by atoms with Gasteiger partial charge in [-0.1, -0.05) is 62.3 Å². The van der Waals surface area contributed by atoms with Crippen molar-refractivity contribution in [1.82, 2.24) is 13.7 Å². The molecule has 1 heterocycles. The Kier molecular flexibility index (Phi) is 10.0. The smallest absolute Gasteiger partial charge is 0.336 e. The Hall–Kier alpha value is -3.72. The van der Waals surface area contributed by atoms with Crippen molar-refractivity contribution in [1.29, 1.82) is 15.8 Å². The lowest BCUT2D eigenvalue weighted by atomic mass is 9.62. The molecule has 3 aliphatic carbocycles. The van der Waals surface area contributed by atoms with Crippen molar-refractivity contribution in [3.63, 3.8) is 0 Å². The molecule has 6 unspecified atom stereocenters. The van der Waals surface area contributed by atoms with Crippen LogP contribution in [0.2, 0.25) is 0 Å². The van der Waals surface area contributed by atoms with Crippen LogP contribution in [0, 0.1) is 67.0 Å². The maximum atomic E-state index is 14.8. The molecule has 0 spiro atoms. The highest BCUT2D eigenvalue weighted by Crippen LogP contribution is 2.53. The summed E-state index contributed by atoms with van der Waals surface area (Å²) < 4.78 is 19.7. The van der Waals surface area contributed by atoms with Crippen LogP contribution in [0.25, 0.3) is 0 Å². The highest BCUT2D eigenvalue weighted by atomic mass is 16.5. The van der Waals surface area contributed by atoms with E-state index in [-0.39, 0.29) is 36.1 Å². The number of nitriles is 3. The van der Waals surface area contributed by atoms with Crippen LogP contribution in [0.15, 0.2) is 14.4 Å². The second-order valence-corrected chi connectivity index (χ2v) is 18.7. The molecule has 264 valence electrons. The minimum Gasteiger partial charge on any atom is -0.427 e. The predicted octanol–water partition coefficient (Wildman–Crippen LogP) is 5.94. The quantitative estimate of drug-likeness (QED) is 0.290. The lowest BCUT2D eigenvalue weighted by molar-refractivity contribution is -0.00474. The van der Waals surface area contributed by atoms with Crippen LogP contribution in [0.3, 0.4) is 0 Å². The predicted molar refractivity (Wildman–Crippen MR) is 178 cm³/mol. The summed E-state index contributed by atoms with van der Waals surface area (Å²) >= 11 is 0. The Morgan fingerprint density at radius 3 is 0.938 bits per heavy atom. The first kappa shape index (κ1) is 37.1. The van der Waals surface area contributed by atoms with E-state index in [2.05, 4.69) is 41.5 Å². The zero-order valence-corrected chi connectivity index (χ0v) is 30.4. The molecule has 48 heavy (non-hydrogen) atoms. The highest BCUT2D eigenvalue weighted by molar-refractivity contribution is 5.02. The fourth-order valence-corrected chi connectivity index (χ4v) is 10.8. The standard InChI is InChI=1S/C36H54N6O6/c1-31(2)10-25(13-34(7,16-31)19-46-22-37)40-28(43)41(26-11-32(3,4)17-35(8,14-26)20-47-23-38)30(45)42(29(40)44)27-12-33(5,6)18-36(9,15-27)21-48-24-39/h25-27H,10-21H2,1-9H3. The van der Waals surface area contributed by atoms with Crippen molar-refractivity contribution in [2.45, 2.75) is 138 Å². The van der Waals surface area contributed by atoms with Crippen LogP contribution in [-0.2, 0) is 14.2 Å². The summed E-state index contributed by atoms with van der Waals surface area (Å²) in [5.41, 5.74) is -4.17. The Morgan fingerprint density at radius 1 is 0.500 bits per heavy atom. The van der Waals surface area contributed by atoms with Gasteiger partial charge in [-0.25, -0.2) is 28.1 Å². The molecule has 3 saturated carbocycles. The molecule has 0 N–H and O–H groups in total. The van der Waals surface area contributed by atoms with Crippen molar-refractivity contribution in [3.05, 3.63) is 31.5 Å². The average molecular weight is 667 g/mol. The van der Waals surface area contributed by atoms with Gasteiger partial charge in [-0.15, -0.1) is 0 Å². The fourth-order valence-electron chi connectivity index (χ4n) is 10.8. The van der Waals surface area contributed by atoms with Gasteiger partial charge in [-0.05, 0) is 74.0 Å². The first-order valence-electron chi connectivity index (χ1n) is 17.1. The zero-order chi connectivity index (χ0) is 35.9. The Balaban J connectivity index is 1.98. The molecule has 0 radical (unpaired) electrons. The van der Waals surface area contributed by atoms with Gasteiger partial charge in [0.15, 0.2) is 0 Å². The number of aromatic nitrogens is 3. The molecule has 3 fully saturated rings. The summed E-state index contributed by atoms with van der Waals surface area (Å²) in [6.07, 6.45) is 10.4. The monoisotopic (exact) mass is 666 g/mol. The Morgan fingerprint density at radius 2 is 0.729 bits per heavy atom. The number of rotatable bonds is 9. The second-order valence-electron chi connectivity index (χ2n) is 18.7. The summed E-state index contributed by atoms with van der Waals surface area (Å²) in [6.45, 7) is 19.1. The molecule has 0 bridgehead atoms. The van der Waals surface area contributed by atoms with E-state index in [1.807, 2.05) is 20.8 Å². The minimum absolute atomic E-state index is 0.161. The Bertz CT molecular complexity index is 1460. The molecular formula is C36H54N6O6. The molecule has 1 aromatic heterocycles. The van der Waals surface area contributed by atoms with Gasteiger partial charge in [-0.3, -0.25) is 0 Å². The third kappa shape index (κ3) is 7.94. The molecule has 0 saturated heterocycles. The molecule has 0 aliphatic heterocycles. The lowest BCUT2D eigenvalue weighted by Crippen LogP contribution is -2.60. The van der Waals surface area contributed by atoms with Crippen LogP contribution >= 0.6 is 0 Å².